The molecule has 16 rings (SSSR count). The van der Waals surface area contributed by atoms with Gasteiger partial charge >= 0.3 is 56.9 Å². The summed E-state index contributed by atoms with van der Waals surface area (Å²) in [5.74, 6) is -1.06. The van der Waals surface area contributed by atoms with E-state index in [4.69, 9.17) is 49.9 Å². The van der Waals surface area contributed by atoms with Gasteiger partial charge in [-0.15, -0.1) is 0 Å². The van der Waals surface area contributed by atoms with Crippen LogP contribution >= 0.6 is 0 Å². The monoisotopic (exact) mass is 1610 g/mol. The topological polar surface area (TPSA) is 397 Å². The van der Waals surface area contributed by atoms with Gasteiger partial charge in [0.1, 0.15) is 74.3 Å². The number of rotatable bonds is 20. The number of benzene rings is 8. The molecule has 0 bridgehead atoms. The number of aromatic hydroxyl groups is 3. The lowest BCUT2D eigenvalue weighted by atomic mass is 9.99. The zero-order valence-corrected chi connectivity index (χ0v) is 65.3. The van der Waals surface area contributed by atoms with Crippen LogP contribution in [-0.4, -0.2) is 108 Å². The van der Waals surface area contributed by atoms with E-state index < -0.39 is 56.9 Å². The van der Waals surface area contributed by atoms with Gasteiger partial charge in [-0.25, -0.2) is 38.4 Å². The van der Waals surface area contributed by atoms with Gasteiger partial charge in [0.15, 0.2) is 0 Å². The molecule has 8 heterocycles. The van der Waals surface area contributed by atoms with Crippen molar-refractivity contribution in [3.8, 4) is 67.5 Å². The molecule has 0 saturated heterocycles. The number of phenolic OH excluding ortho intramolecular Hbond substituents is 3. The summed E-state index contributed by atoms with van der Waals surface area (Å²) in [7, 11) is 5.71. The fraction of sp³-hybridized carbons (Fsp3) is 0.187. The van der Waals surface area contributed by atoms with E-state index in [0.717, 1.165) is 35.8 Å². The van der Waals surface area contributed by atoms with Crippen molar-refractivity contribution >= 4 is 99.7 Å². The van der Waals surface area contributed by atoms with Crippen molar-refractivity contribution in [3.05, 3.63) is 300 Å². The van der Waals surface area contributed by atoms with Crippen LogP contribution in [0.2, 0.25) is 0 Å². The molecule has 0 aliphatic rings. The maximum atomic E-state index is 12.7. The van der Waals surface area contributed by atoms with Crippen LogP contribution in [0.15, 0.2) is 268 Å². The Hall–Kier alpha value is -14.4. The number of para-hydroxylation sites is 4. The Bertz CT molecular complexity index is 7120. The van der Waals surface area contributed by atoms with Crippen molar-refractivity contribution in [3.63, 3.8) is 0 Å². The minimum Gasteiger partial charge on any atom is -0.507 e. The summed E-state index contributed by atoms with van der Waals surface area (Å²) in [6.07, 6.45) is 0. The first kappa shape index (κ1) is 82.6. The molecule has 0 atom stereocenters. The lowest BCUT2D eigenvalue weighted by Crippen LogP contribution is -2.26. The smallest absolute Gasteiger partial charge is 0.344 e. The normalized spacial score (nSPS) is 11.4. The molecule has 8 aromatic heterocycles. The van der Waals surface area contributed by atoms with Crippen molar-refractivity contribution in [1.29, 1.82) is 0 Å². The van der Waals surface area contributed by atoms with Crippen molar-refractivity contribution in [2.75, 3.05) is 60.5 Å². The van der Waals surface area contributed by atoms with E-state index in [-0.39, 0.29) is 98.5 Å². The Morgan fingerprint density at radius 1 is 0.387 bits per heavy atom. The van der Waals surface area contributed by atoms with Gasteiger partial charge in [-0.05, 0) is 131 Å². The highest BCUT2D eigenvalue weighted by Gasteiger charge is 2.25. The molecule has 0 aliphatic carbocycles. The highest BCUT2D eigenvalue weighted by Crippen LogP contribution is 2.39. The number of carbonyl (C=O) groups excluding carboxylic acids is 2. The van der Waals surface area contributed by atoms with Crippen LogP contribution in [0.3, 0.4) is 0 Å². The predicted molar refractivity (Wildman–Crippen MR) is 448 cm³/mol. The summed E-state index contributed by atoms with van der Waals surface area (Å²) in [4.78, 5) is 129. The Labute approximate surface area is 673 Å². The van der Waals surface area contributed by atoms with Gasteiger partial charge in [0, 0.05) is 143 Å². The van der Waals surface area contributed by atoms with E-state index in [1.54, 1.807) is 127 Å². The largest absolute Gasteiger partial charge is 0.507 e. The first-order chi connectivity index (χ1) is 57.3. The number of nitrogens with zero attached hydrogens (tertiary/aromatic N) is 3. The Kier molecular flexibility index (Phi) is 25.1. The summed E-state index contributed by atoms with van der Waals surface area (Å²) < 4.78 is 53.6. The van der Waals surface area contributed by atoms with E-state index in [0.29, 0.717) is 109 Å². The van der Waals surface area contributed by atoms with Crippen LogP contribution in [0, 0.1) is 0 Å². The van der Waals surface area contributed by atoms with E-state index in [1.807, 2.05) is 69.2 Å². The Morgan fingerprint density at radius 2 is 0.723 bits per heavy atom. The van der Waals surface area contributed by atoms with Gasteiger partial charge in [-0.1, -0.05) is 86.6 Å². The molecule has 0 aliphatic heterocycles. The summed E-state index contributed by atoms with van der Waals surface area (Å²) in [6, 6.07) is 52.8. The number of aliphatic hydroxyl groups is 1. The predicted octanol–water partition coefficient (Wildman–Crippen LogP) is 13.3. The lowest BCUT2D eigenvalue weighted by molar-refractivity contribution is -0.142. The zero-order valence-electron chi connectivity index (χ0n) is 65.3. The number of likely N-dealkylation sites (N-methyl/N-ethyl adjacent to an activating group) is 2. The molecular weight excluding hydrogens is 1530 g/mol. The fourth-order valence-electron chi connectivity index (χ4n) is 13.7. The molecular formula is C91H78N4O24. The molecule has 28 heteroatoms. The van der Waals surface area contributed by atoms with Gasteiger partial charge in [-0.2, -0.15) is 0 Å². The molecule has 606 valence electrons. The lowest BCUT2D eigenvalue weighted by Gasteiger charge is -2.19. The molecule has 0 amide bonds. The number of phenols is 3. The number of hydrogen-bond donors (Lipinski definition) is 5. The van der Waals surface area contributed by atoms with E-state index >= 15 is 0 Å². The second-order valence-electron chi connectivity index (χ2n) is 27.9. The van der Waals surface area contributed by atoms with Gasteiger partial charge < -0.3 is 75.5 Å². The number of nitrogens with one attached hydrogen (secondary N) is 1. The summed E-state index contributed by atoms with van der Waals surface area (Å²) in [5, 5.41) is 48.4. The third kappa shape index (κ3) is 18.5. The highest BCUT2D eigenvalue weighted by atomic mass is 16.5. The number of hydrogen-bond acceptors (Lipinski definition) is 28. The minimum absolute atomic E-state index is 0.0192. The first-order valence-electron chi connectivity index (χ1n) is 37.5. The molecule has 0 radical (unpaired) electrons. The molecule has 16 aromatic rings. The highest BCUT2D eigenvalue weighted by molar-refractivity contribution is 6.01. The number of ether oxygens (including phenoxy) is 2. The van der Waals surface area contributed by atoms with Crippen LogP contribution in [0.1, 0.15) is 49.9 Å². The van der Waals surface area contributed by atoms with E-state index in [2.05, 4.69) is 10.2 Å². The Morgan fingerprint density at radius 3 is 1.07 bits per heavy atom. The molecule has 0 spiro atoms. The summed E-state index contributed by atoms with van der Waals surface area (Å²) >= 11 is 0. The van der Waals surface area contributed by atoms with Gasteiger partial charge in [0.2, 0.25) is 0 Å². The van der Waals surface area contributed by atoms with Gasteiger partial charge in [-0.3, -0.25) is 19.4 Å². The minimum atomic E-state index is -0.737. The van der Waals surface area contributed by atoms with Crippen LogP contribution in [0.25, 0.3) is 132 Å². The van der Waals surface area contributed by atoms with Crippen molar-refractivity contribution in [1.82, 2.24) is 20.0 Å². The Balaban J connectivity index is 0.000000137. The van der Waals surface area contributed by atoms with Crippen LogP contribution < -0.4 is 55.1 Å². The van der Waals surface area contributed by atoms with Crippen molar-refractivity contribution in [2.45, 2.75) is 53.9 Å². The van der Waals surface area contributed by atoms with Crippen LogP contribution in [0.5, 0.6) is 23.0 Å². The third-order valence-corrected chi connectivity index (χ3v) is 19.6. The number of fused-ring (bicyclic) bond motifs is 8. The molecule has 28 nitrogen and oxygen atoms in total. The van der Waals surface area contributed by atoms with Gasteiger partial charge in [0.25, 0.3) is 0 Å². The number of esters is 2. The average molecular weight is 1610 g/mol. The van der Waals surface area contributed by atoms with Crippen LogP contribution in [0.4, 0.5) is 0 Å². The maximum absolute atomic E-state index is 12.7. The third-order valence-electron chi connectivity index (χ3n) is 19.6. The molecule has 5 N–H and O–H groups in total. The second-order valence-corrected chi connectivity index (χ2v) is 27.9. The molecule has 0 fully saturated rings. The number of aliphatic hydroxyl groups excluding tert-OH is 1. The van der Waals surface area contributed by atoms with E-state index in [9.17, 15) is 63.3 Å². The number of carbonyl (C=O) groups is 2. The molecule has 0 unspecified atom stereocenters. The standard InChI is InChI=1S/C23H22N2O5.C23H21NO5.C23H16O8.C22H19NO6/c1-25(2)10-9-24-13-18-19(26)8-7-15-16(12-21(27)30-22(15)18)17-11-14-5-3-4-6-20(14)29-23(17)28;1-3-24(4-2)13-18-19(25)10-9-15-16(12-21(26)29-22(15)18)17-11-14-7-5-6-8-20(14)28-23(17)27;1-12(24)28-11-18-20(29-13(2)25)8-7-15-16(10-21(26)31-22(15)18)17-9-14-5-3-4-6-19(14)30-23(17)27;1-23(8-9-24)12-17-18(25)7-6-14-15(11-20(26)29-21(14)17)16-10-13-4-2-3-5-19(13)28-22(16)27/h3-8,11-12,24,26H,9-10,13H2,1-2H3;5-12,25H,3-4,13H2,1-2H3;3-10H,11H2,1-2H3;2-7,10-11,24-25H,8-9,12H2,1H3. The summed E-state index contributed by atoms with van der Waals surface area (Å²) in [6.45, 7) is 10.6. The summed E-state index contributed by atoms with van der Waals surface area (Å²) in [5.41, 5.74) is 1.78. The fourth-order valence-corrected chi connectivity index (χ4v) is 13.7. The SMILES string of the molecule is CC(=O)OCc1c(OC(C)=O)ccc2c(-c3cc4ccccc4oc3=O)cc(=O)oc12.CCN(CC)Cc1c(O)ccc2c(-c3cc4ccccc4oc3=O)cc(=O)oc12.CN(C)CCNCc1c(O)ccc2c(-c3cc4ccccc4oc3=O)cc(=O)oc12.CN(CCO)Cc1c(O)ccc2c(-c3cc4ccccc4oc3=O)cc(=O)oc12. The second kappa shape index (κ2) is 36.2. The van der Waals surface area contributed by atoms with Crippen molar-refractivity contribution in [2.24, 2.45) is 0 Å². The first-order valence-corrected chi connectivity index (χ1v) is 37.5. The van der Waals surface area contributed by atoms with Crippen molar-refractivity contribution < 1.29 is 74.8 Å². The zero-order chi connectivity index (χ0) is 84.5. The molecule has 119 heavy (non-hydrogen) atoms. The van der Waals surface area contributed by atoms with Gasteiger partial charge in [0.05, 0.1) is 51.1 Å². The quantitative estimate of drug-likeness (QED) is 0.0205. The van der Waals surface area contributed by atoms with Crippen LogP contribution in [-0.2, 0) is 40.6 Å². The average Bonchev–Trinajstić information content (AvgIpc) is 0.774. The maximum Gasteiger partial charge on any atom is 0.344 e. The molecule has 0 saturated carbocycles. The van der Waals surface area contributed by atoms with E-state index in [1.165, 1.54) is 56.3 Å². The molecule has 8 aromatic carbocycles.